The molecule has 6 nitrogen and oxygen atoms in total. The van der Waals surface area contributed by atoms with Gasteiger partial charge in [0.1, 0.15) is 17.3 Å². The number of amides is 1. The smallest absolute Gasteiger partial charge is 0.265 e. The van der Waals surface area contributed by atoms with Gasteiger partial charge in [-0.2, -0.15) is 0 Å². The molecule has 2 aliphatic heterocycles. The van der Waals surface area contributed by atoms with Gasteiger partial charge in [0.15, 0.2) is 11.4 Å². The molecule has 1 saturated heterocycles. The number of carbonyl (C=O) groups excluding carboxylic acids is 1. The highest BCUT2D eigenvalue weighted by atomic mass is 19.1. The minimum Gasteiger partial charge on any atom is -0.385 e. The third-order valence-electron chi connectivity index (χ3n) is 8.85. The summed E-state index contributed by atoms with van der Waals surface area (Å²) in [6.45, 7) is 3.04. The standard InChI is InChI=1S/C36H36F2N4O2/c37-30-16-12-28(13-17-30)36(29-14-18-31(38)19-15-29)34(43)42(33(40-36)32-11-5-6-22-39-32)24-8-2-7-23-41-25-20-35(44,21-26-41)27-9-3-1-4-10-27/h1,3-6,9-19,22,44H,2,7-8,20-21,23-26H2. The second-order valence-electron chi connectivity index (χ2n) is 11.6. The predicted molar refractivity (Wildman–Crippen MR) is 166 cm³/mol. The first-order valence-electron chi connectivity index (χ1n) is 15.2. The highest BCUT2D eigenvalue weighted by molar-refractivity contribution is 6.16. The zero-order valence-corrected chi connectivity index (χ0v) is 24.6. The van der Waals surface area contributed by atoms with Gasteiger partial charge in [-0.15, -0.1) is 0 Å². The van der Waals surface area contributed by atoms with Gasteiger partial charge < -0.3 is 10.0 Å². The molecule has 6 rings (SSSR count). The first-order chi connectivity index (χ1) is 21.4. The van der Waals surface area contributed by atoms with Crippen LogP contribution in [0.4, 0.5) is 8.78 Å². The number of benzene rings is 3. The van der Waals surface area contributed by atoms with E-state index < -0.39 is 22.8 Å². The van der Waals surface area contributed by atoms with Gasteiger partial charge in [0.2, 0.25) is 0 Å². The van der Waals surface area contributed by atoms with Crippen molar-refractivity contribution in [3.05, 3.63) is 137 Å². The molecule has 8 heteroatoms. The van der Waals surface area contributed by atoms with E-state index >= 15 is 0 Å². The van der Waals surface area contributed by atoms with Crippen molar-refractivity contribution in [3.8, 4) is 0 Å². The Balaban J connectivity index is 1.16. The molecule has 0 atom stereocenters. The lowest BCUT2D eigenvalue weighted by Gasteiger charge is -2.38. The van der Waals surface area contributed by atoms with E-state index in [9.17, 15) is 18.7 Å². The molecule has 0 radical (unpaired) electrons. The summed E-state index contributed by atoms with van der Waals surface area (Å²) in [5, 5.41) is 11.2. The number of hydrogen-bond acceptors (Lipinski definition) is 5. The summed E-state index contributed by atoms with van der Waals surface area (Å²) < 4.78 is 27.9. The first-order valence-corrected chi connectivity index (χ1v) is 15.2. The lowest BCUT2D eigenvalue weighted by atomic mass is 9.82. The van der Waals surface area contributed by atoms with Gasteiger partial charge in [-0.3, -0.25) is 14.7 Å². The number of likely N-dealkylation sites (tertiary alicyclic amines) is 1. The summed E-state index contributed by atoms with van der Waals surface area (Å²) in [5.74, 6) is -0.663. The minimum absolute atomic E-state index is 0.271. The molecule has 3 heterocycles. The van der Waals surface area contributed by atoms with Crippen LogP contribution in [0, 0.1) is 11.6 Å². The number of aliphatic imine (C=N–C) groups is 1. The van der Waals surface area contributed by atoms with Crippen LogP contribution < -0.4 is 0 Å². The minimum atomic E-state index is -1.49. The van der Waals surface area contributed by atoms with Crippen LogP contribution in [0.3, 0.4) is 0 Å². The van der Waals surface area contributed by atoms with E-state index in [0.717, 1.165) is 44.5 Å². The molecular weight excluding hydrogens is 558 g/mol. The fourth-order valence-corrected chi connectivity index (χ4v) is 6.35. The van der Waals surface area contributed by atoms with Gasteiger partial charge in [0.25, 0.3) is 5.91 Å². The maximum atomic E-state index is 14.4. The summed E-state index contributed by atoms with van der Waals surface area (Å²) in [6, 6.07) is 26.9. The SMILES string of the molecule is O=C1N(CCCCCN2CCC(O)(c3ccccc3)CC2)C(c2ccccn2)=NC1(c1ccc(F)cc1)c1ccc(F)cc1. The molecule has 0 saturated carbocycles. The Morgan fingerprint density at radius 1 is 0.705 bits per heavy atom. The maximum absolute atomic E-state index is 14.4. The van der Waals surface area contributed by atoms with Crippen LogP contribution in [0.1, 0.15) is 54.5 Å². The van der Waals surface area contributed by atoms with Gasteiger partial charge in [-0.05, 0) is 85.3 Å². The van der Waals surface area contributed by atoms with Crippen LogP contribution in [-0.4, -0.2) is 57.8 Å². The molecule has 1 amide bonds. The third-order valence-corrected chi connectivity index (χ3v) is 8.85. The summed E-state index contributed by atoms with van der Waals surface area (Å²) in [6.07, 6.45) is 5.69. The second kappa shape index (κ2) is 12.8. The van der Waals surface area contributed by atoms with Gasteiger partial charge in [-0.25, -0.2) is 13.8 Å². The van der Waals surface area contributed by atoms with Crippen molar-refractivity contribution in [1.82, 2.24) is 14.8 Å². The van der Waals surface area contributed by atoms with Gasteiger partial charge in [-0.1, -0.05) is 67.1 Å². The van der Waals surface area contributed by atoms with Crippen LogP contribution in [0.2, 0.25) is 0 Å². The number of nitrogens with zero attached hydrogens (tertiary/aromatic N) is 4. The van der Waals surface area contributed by atoms with Gasteiger partial charge in [0, 0.05) is 25.8 Å². The zero-order chi connectivity index (χ0) is 30.6. The molecule has 0 aliphatic carbocycles. The Morgan fingerprint density at radius 2 is 1.30 bits per heavy atom. The van der Waals surface area contributed by atoms with E-state index in [1.165, 1.54) is 24.3 Å². The number of aromatic nitrogens is 1. The van der Waals surface area contributed by atoms with E-state index in [0.29, 0.717) is 42.0 Å². The molecule has 1 aromatic heterocycles. The predicted octanol–water partition coefficient (Wildman–Crippen LogP) is 6.05. The average Bonchev–Trinajstić information content (AvgIpc) is 3.36. The number of hydrogen-bond donors (Lipinski definition) is 1. The van der Waals surface area contributed by atoms with Crippen molar-refractivity contribution >= 4 is 11.7 Å². The number of aliphatic hydroxyl groups is 1. The molecule has 0 spiro atoms. The summed E-state index contributed by atoms with van der Waals surface area (Å²) in [7, 11) is 0. The van der Waals surface area contributed by atoms with Gasteiger partial charge in [0.05, 0.1) is 5.60 Å². The van der Waals surface area contributed by atoms with Crippen molar-refractivity contribution < 1.29 is 18.7 Å². The topological polar surface area (TPSA) is 69.0 Å². The Hall–Kier alpha value is -4.27. The van der Waals surface area contributed by atoms with Crippen molar-refractivity contribution in [2.45, 2.75) is 43.2 Å². The van der Waals surface area contributed by atoms with Crippen LogP contribution in [-0.2, 0) is 15.9 Å². The molecule has 1 N–H and O–H groups in total. The van der Waals surface area contributed by atoms with Gasteiger partial charge >= 0.3 is 0 Å². The molecule has 2 aliphatic rings. The van der Waals surface area contributed by atoms with Crippen molar-refractivity contribution in [1.29, 1.82) is 0 Å². The van der Waals surface area contributed by atoms with E-state index in [1.54, 1.807) is 41.4 Å². The first kappa shape index (κ1) is 29.8. The summed E-state index contributed by atoms with van der Waals surface area (Å²) >= 11 is 0. The molecular formula is C36H36F2N4O2. The van der Waals surface area contributed by atoms with Crippen LogP contribution >= 0.6 is 0 Å². The highest BCUT2D eigenvalue weighted by Gasteiger charge is 2.51. The van der Waals surface area contributed by atoms with Crippen LogP contribution in [0.5, 0.6) is 0 Å². The molecule has 0 unspecified atom stereocenters. The fourth-order valence-electron chi connectivity index (χ4n) is 6.35. The quantitative estimate of drug-likeness (QED) is 0.227. The molecule has 0 bridgehead atoms. The number of amidine groups is 1. The number of piperidine rings is 1. The maximum Gasteiger partial charge on any atom is 0.265 e. The number of carbonyl (C=O) groups is 1. The number of unbranched alkanes of at least 4 members (excludes halogenated alkanes) is 2. The normalized spacial score (nSPS) is 17.9. The molecule has 226 valence electrons. The van der Waals surface area contributed by atoms with E-state index in [4.69, 9.17) is 4.99 Å². The zero-order valence-electron chi connectivity index (χ0n) is 24.6. The number of halogens is 2. The molecule has 1 fully saturated rings. The van der Waals surface area contributed by atoms with Crippen molar-refractivity contribution in [3.63, 3.8) is 0 Å². The van der Waals surface area contributed by atoms with E-state index in [1.807, 2.05) is 42.5 Å². The Bertz CT molecular complexity index is 1540. The third kappa shape index (κ3) is 5.92. The summed E-state index contributed by atoms with van der Waals surface area (Å²) in [5.41, 5.74) is 0.302. The van der Waals surface area contributed by atoms with Crippen LogP contribution in [0.25, 0.3) is 0 Å². The Kier molecular flexibility index (Phi) is 8.64. The second-order valence-corrected chi connectivity index (χ2v) is 11.6. The average molecular weight is 595 g/mol. The van der Waals surface area contributed by atoms with E-state index in [-0.39, 0.29) is 5.91 Å². The number of rotatable bonds is 10. The largest absolute Gasteiger partial charge is 0.385 e. The highest BCUT2D eigenvalue weighted by Crippen LogP contribution is 2.41. The number of pyridine rings is 1. The molecule has 4 aromatic rings. The van der Waals surface area contributed by atoms with Crippen molar-refractivity contribution in [2.24, 2.45) is 4.99 Å². The Morgan fingerprint density at radius 3 is 1.89 bits per heavy atom. The van der Waals surface area contributed by atoms with E-state index in [2.05, 4.69) is 9.88 Å². The monoisotopic (exact) mass is 594 g/mol. The van der Waals surface area contributed by atoms with Crippen molar-refractivity contribution in [2.75, 3.05) is 26.2 Å². The molecule has 3 aromatic carbocycles. The lowest BCUT2D eigenvalue weighted by Crippen LogP contribution is -2.43. The lowest BCUT2D eigenvalue weighted by molar-refractivity contribution is -0.130. The summed E-state index contributed by atoms with van der Waals surface area (Å²) in [4.78, 5) is 28.0. The van der Waals surface area contributed by atoms with Crippen LogP contribution in [0.15, 0.2) is 108 Å². The Labute approximate surface area is 256 Å². The fraction of sp³-hybridized carbons (Fsp3) is 0.306. The molecule has 44 heavy (non-hydrogen) atoms.